The molecule has 8 heterocycles. The van der Waals surface area contributed by atoms with Crippen molar-refractivity contribution < 1.29 is 59.2 Å². The lowest BCUT2D eigenvalue weighted by molar-refractivity contribution is -0.137. The number of anilines is 3. The van der Waals surface area contributed by atoms with Gasteiger partial charge in [-0.05, 0) is 216 Å². The highest BCUT2D eigenvalue weighted by molar-refractivity contribution is 5.66. The molecular weight excluding hydrogens is 1260 g/mol. The lowest BCUT2D eigenvalue weighted by Crippen LogP contribution is -2.41. The van der Waals surface area contributed by atoms with E-state index in [2.05, 4.69) is 88.2 Å². The number of nitrogens with zero attached hydrogens (tertiary/aromatic N) is 11. The molecule has 0 spiro atoms. The van der Waals surface area contributed by atoms with Gasteiger partial charge in [-0.3, -0.25) is 14.0 Å². The van der Waals surface area contributed by atoms with Crippen LogP contribution in [0.25, 0.3) is 33.8 Å². The summed E-state index contributed by atoms with van der Waals surface area (Å²) in [7, 11) is 0. The van der Waals surface area contributed by atoms with Crippen LogP contribution in [0.5, 0.6) is 11.5 Å². The van der Waals surface area contributed by atoms with Crippen molar-refractivity contribution in [2.75, 3.05) is 63.1 Å². The molecule has 28 heteroatoms. The second kappa shape index (κ2) is 28.2. The first-order chi connectivity index (χ1) is 45.8. The number of ether oxygens (including phenoxy) is 2. The number of piperidine rings is 2. The zero-order chi connectivity index (χ0) is 68.3. The Kier molecular flexibility index (Phi) is 20.3. The smallest absolute Gasteiger partial charge is 0.419 e. The number of hydrogen-bond acceptors (Lipinski definition) is 16. The van der Waals surface area contributed by atoms with E-state index in [1.165, 1.54) is 55.9 Å². The van der Waals surface area contributed by atoms with Crippen molar-refractivity contribution >= 4 is 17.5 Å². The van der Waals surface area contributed by atoms with Crippen molar-refractivity contribution in [2.24, 2.45) is 47.3 Å². The number of aliphatic hydroxyl groups excluding tert-OH is 2. The number of fused-ring (bicyclic) bond motifs is 3. The minimum atomic E-state index is -4.55. The van der Waals surface area contributed by atoms with E-state index in [0.29, 0.717) is 124 Å². The van der Waals surface area contributed by atoms with Gasteiger partial charge in [-0.25, -0.2) is 23.7 Å². The predicted molar refractivity (Wildman–Crippen MR) is 344 cm³/mol. The quantitative estimate of drug-likeness (QED) is 0.0389. The van der Waals surface area contributed by atoms with Gasteiger partial charge in [-0.15, -0.1) is 0 Å². The van der Waals surface area contributed by atoms with Gasteiger partial charge in [-0.1, -0.05) is 0 Å². The Morgan fingerprint density at radius 1 is 0.500 bits per heavy atom. The molecule has 6 aliphatic carbocycles. The molecule has 6 aromatic rings. The Morgan fingerprint density at radius 3 is 1.15 bits per heavy atom. The van der Waals surface area contributed by atoms with Crippen molar-refractivity contribution in [3.63, 3.8) is 0 Å². The molecule has 8 aliphatic rings. The van der Waals surface area contributed by atoms with Gasteiger partial charge in [0.25, 0.3) is 6.43 Å². The number of nitrogens with two attached hydrogens (primary N) is 3. The summed E-state index contributed by atoms with van der Waals surface area (Å²) in [6.45, 7) is 11.1. The number of alkyl halides is 9. The Bertz CT molecular complexity index is 3610. The molecule has 0 aromatic carbocycles. The maximum absolute atomic E-state index is 13.3. The summed E-state index contributed by atoms with van der Waals surface area (Å²) in [4.78, 5) is 17.0. The first-order valence-electron chi connectivity index (χ1n) is 34.0. The van der Waals surface area contributed by atoms with E-state index in [1.54, 1.807) is 6.20 Å². The van der Waals surface area contributed by atoms with Crippen LogP contribution in [0.4, 0.5) is 57.0 Å². The van der Waals surface area contributed by atoms with Gasteiger partial charge < -0.3 is 52.0 Å². The molecular formula is C68H90F9N15O4. The van der Waals surface area contributed by atoms with Gasteiger partial charge in [0, 0.05) is 120 Å². The van der Waals surface area contributed by atoms with Crippen LogP contribution in [0.1, 0.15) is 164 Å². The van der Waals surface area contributed by atoms with Gasteiger partial charge in [0.15, 0.2) is 23.1 Å². The highest BCUT2D eigenvalue weighted by Gasteiger charge is 2.61. The second-order valence-electron chi connectivity index (χ2n) is 28.7. The van der Waals surface area contributed by atoms with Gasteiger partial charge >= 0.3 is 19.4 Å². The van der Waals surface area contributed by atoms with E-state index in [9.17, 15) is 49.7 Å². The molecule has 0 bridgehead atoms. The number of aromatic nitrogens is 9. The third-order valence-corrected chi connectivity index (χ3v) is 21.8. The fraction of sp³-hybridized carbons (Fsp3) is 0.647. The van der Waals surface area contributed by atoms with Gasteiger partial charge in [0.2, 0.25) is 0 Å². The Hall–Kier alpha value is -6.75. The monoisotopic (exact) mass is 1350 g/mol. The van der Waals surface area contributed by atoms with Crippen molar-refractivity contribution in [3.05, 3.63) is 77.6 Å². The number of halogens is 9. The minimum Gasteiger partial charge on any atom is -0.431 e. The molecule has 524 valence electrons. The number of nitrogens with one attached hydrogen (secondary N) is 1. The van der Waals surface area contributed by atoms with Crippen LogP contribution in [-0.2, 0) is 6.18 Å². The summed E-state index contributed by atoms with van der Waals surface area (Å²) in [6.07, 6.45) is 8.39. The molecule has 19 nitrogen and oxygen atoms in total. The highest BCUT2D eigenvalue weighted by Crippen LogP contribution is 2.66. The molecule has 8 fully saturated rings. The van der Waals surface area contributed by atoms with Crippen molar-refractivity contribution in [1.82, 2.24) is 59.4 Å². The van der Waals surface area contributed by atoms with Crippen LogP contribution in [-0.4, -0.2) is 148 Å². The van der Waals surface area contributed by atoms with Gasteiger partial charge in [0.05, 0.1) is 29.2 Å². The number of hydrogen-bond donors (Lipinski definition) is 6. The van der Waals surface area contributed by atoms with Crippen LogP contribution >= 0.6 is 0 Å². The zero-order valence-corrected chi connectivity index (χ0v) is 55.0. The van der Waals surface area contributed by atoms with Crippen LogP contribution in [0, 0.1) is 47.3 Å². The van der Waals surface area contributed by atoms with E-state index >= 15 is 0 Å². The van der Waals surface area contributed by atoms with Crippen molar-refractivity contribution in [2.45, 2.75) is 186 Å². The summed E-state index contributed by atoms with van der Waals surface area (Å²) in [5, 5.41) is 35.9. The lowest BCUT2D eigenvalue weighted by Gasteiger charge is -2.36. The molecule has 6 aromatic heterocycles. The summed E-state index contributed by atoms with van der Waals surface area (Å²) in [6, 6.07) is 11.8. The number of aliphatic hydroxyl groups is 2. The first kappa shape index (κ1) is 69.2. The van der Waals surface area contributed by atoms with Crippen LogP contribution < -0.4 is 32.0 Å². The fourth-order valence-corrected chi connectivity index (χ4v) is 16.9. The third kappa shape index (κ3) is 14.8. The topological polar surface area (TPSA) is 248 Å². The molecule has 0 radical (unpaired) electrons. The highest BCUT2D eigenvalue weighted by atomic mass is 19.4. The maximum atomic E-state index is 13.3. The maximum Gasteiger partial charge on any atom is 0.419 e. The predicted octanol–water partition coefficient (Wildman–Crippen LogP) is 12.3. The number of likely N-dealkylation sites (tertiary alicyclic amines) is 2. The Balaban J connectivity index is 0.000000138. The molecule has 14 rings (SSSR count). The Morgan fingerprint density at radius 2 is 0.833 bits per heavy atom. The van der Waals surface area contributed by atoms with Crippen molar-refractivity contribution in [3.8, 4) is 45.3 Å². The summed E-state index contributed by atoms with van der Waals surface area (Å²) < 4.78 is 130. The molecule has 0 amide bonds. The summed E-state index contributed by atoms with van der Waals surface area (Å²) in [5.41, 5.74) is 22.6. The lowest BCUT2D eigenvalue weighted by atomic mass is 9.94. The van der Waals surface area contributed by atoms with E-state index < -0.39 is 37.2 Å². The number of rotatable bonds is 20. The van der Waals surface area contributed by atoms with Crippen LogP contribution in [0.3, 0.4) is 0 Å². The van der Waals surface area contributed by atoms with E-state index in [4.69, 9.17) is 22.3 Å². The number of pyridine rings is 3. The number of nitrogen functional groups attached to an aromatic ring is 3. The summed E-state index contributed by atoms with van der Waals surface area (Å²) >= 11 is 0. The SMILES string of the molecule is CC(C)n1nc(-c2cnc(N)c(C(F)(F)F)c2)cc1C1[C@H]2CC(N3CCC(CO)CC3)C[C@@H]12.CC(C)n1nc(-c2cnc(N)c(OC(F)F)c2)cc1C1[C@H]2CC(N3CCC(CO)CC3)C[C@@H]12.CC(C)n1nc(-c2cnc(N)c(OC(F)F)c2)cc1C1[C@H]2CC(NCC(F)F)C[C@@H]12. The van der Waals surface area contributed by atoms with Crippen LogP contribution in [0.2, 0.25) is 0 Å². The van der Waals surface area contributed by atoms with E-state index in [1.807, 2.05) is 35.3 Å². The molecule has 2 saturated heterocycles. The normalized spacial score (nSPS) is 27.3. The average Bonchev–Trinajstić information content (AvgIpc) is 1.57. The molecule has 9 N–H and O–H groups in total. The molecule has 6 unspecified atom stereocenters. The van der Waals surface area contributed by atoms with Crippen LogP contribution in [0.15, 0.2) is 55.0 Å². The standard InChI is InChI=1S/C24H32F3N5O.C24H33F2N5O2.C20H25F4N5O/c1-13(2)32-21(10-20(30-32)15-7-19(24(25,26)27)23(28)29-11-15)22-17-8-16(9-18(17)22)31-5-3-14(12-33)4-6-31;1-13(2)31-20(10-19(29-31)15-7-21(33-24(25)26)23(27)28-11-15)22-17-8-16(9-18(17)22)30-5-3-14(12-32)4-6-30;1-9(2)29-15(18-12-4-11(5-13(12)18)26-8-17(21)22)6-14(28-29)10-3-16(30-20(23)24)19(25)27-7-10/h7,10-11,13-14,16-18,22,33H,3-6,8-9,12H2,1-2H3,(H2,28,29);7,10-11,13-14,16-18,22,24,32H,3-6,8-9,12H2,1-2H3,(H2,27,28);3,6-7,9,11-13,17-18,20,26H,4-5,8H2,1-2H3,(H2,25,27)/t2*16?,17-,18+,22?;11?,12-,13+,18?. The zero-order valence-electron chi connectivity index (χ0n) is 55.0. The van der Waals surface area contributed by atoms with Crippen molar-refractivity contribution in [1.29, 1.82) is 0 Å². The Labute approximate surface area is 553 Å². The fourth-order valence-electron chi connectivity index (χ4n) is 16.9. The average molecular weight is 1350 g/mol. The van der Waals surface area contributed by atoms with Gasteiger partial charge in [-0.2, -0.15) is 46.0 Å². The van der Waals surface area contributed by atoms with Gasteiger partial charge in [0.1, 0.15) is 5.82 Å². The molecule has 12 atom stereocenters. The second-order valence-corrected chi connectivity index (χ2v) is 28.7. The molecule has 2 aliphatic heterocycles. The molecule has 96 heavy (non-hydrogen) atoms. The molecule has 6 saturated carbocycles. The van der Waals surface area contributed by atoms with E-state index in [-0.39, 0.29) is 53.8 Å². The van der Waals surface area contributed by atoms with E-state index in [0.717, 1.165) is 82.2 Å². The largest absolute Gasteiger partial charge is 0.431 e. The third-order valence-electron chi connectivity index (χ3n) is 21.8. The first-order valence-corrected chi connectivity index (χ1v) is 34.0. The summed E-state index contributed by atoms with van der Waals surface area (Å²) in [5.74, 6) is 4.65. The minimum absolute atomic E-state index is 0.0617.